The van der Waals surface area contributed by atoms with Crippen molar-refractivity contribution in [3.8, 4) is 12.3 Å². The van der Waals surface area contributed by atoms with Gasteiger partial charge in [-0.25, -0.2) is 8.42 Å². The SMILES string of the molecule is C#Cc1cccc(NS(=O)(=O)c2ccc(Br)cc2N)c1. The molecule has 0 heterocycles. The molecule has 102 valence electrons. The lowest BCUT2D eigenvalue weighted by Crippen LogP contribution is -2.14. The Morgan fingerprint density at radius 3 is 2.60 bits per heavy atom. The van der Waals surface area contributed by atoms with Gasteiger partial charge in [-0.3, -0.25) is 4.72 Å². The van der Waals surface area contributed by atoms with E-state index >= 15 is 0 Å². The minimum absolute atomic E-state index is 0.0202. The van der Waals surface area contributed by atoms with Crippen molar-refractivity contribution >= 4 is 37.3 Å². The van der Waals surface area contributed by atoms with Gasteiger partial charge in [0, 0.05) is 10.0 Å². The molecule has 0 fully saturated rings. The van der Waals surface area contributed by atoms with Gasteiger partial charge in [-0.2, -0.15) is 0 Å². The lowest BCUT2D eigenvalue weighted by Gasteiger charge is -2.10. The highest BCUT2D eigenvalue weighted by atomic mass is 79.9. The molecule has 6 heteroatoms. The predicted molar refractivity (Wildman–Crippen MR) is 83.7 cm³/mol. The summed E-state index contributed by atoms with van der Waals surface area (Å²) in [6.45, 7) is 0. The van der Waals surface area contributed by atoms with Crippen LogP contribution in [0.2, 0.25) is 0 Å². The summed E-state index contributed by atoms with van der Waals surface area (Å²) in [7, 11) is -3.75. The van der Waals surface area contributed by atoms with Crippen LogP contribution >= 0.6 is 15.9 Å². The van der Waals surface area contributed by atoms with Crippen LogP contribution in [-0.2, 0) is 10.0 Å². The number of nitrogens with two attached hydrogens (primary N) is 1. The van der Waals surface area contributed by atoms with Crippen molar-refractivity contribution in [2.24, 2.45) is 0 Å². The molecule has 2 rings (SSSR count). The highest BCUT2D eigenvalue weighted by Crippen LogP contribution is 2.25. The van der Waals surface area contributed by atoms with Crippen LogP contribution in [0.4, 0.5) is 11.4 Å². The van der Waals surface area contributed by atoms with Gasteiger partial charge in [0.15, 0.2) is 0 Å². The zero-order chi connectivity index (χ0) is 14.8. The summed E-state index contributed by atoms with van der Waals surface area (Å²) in [5, 5.41) is 0. The molecule has 2 aromatic rings. The molecule has 0 aliphatic heterocycles. The molecule has 0 atom stereocenters. The quantitative estimate of drug-likeness (QED) is 0.660. The maximum atomic E-state index is 12.3. The number of benzene rings is 2. The Balaban J connectivity index is 2.38. The van der Waals surface area contributed by atoms with E-state index in [1.54, 1.807) is 30.3 Å². The summed E-state index contributed by atoms with van der Waals surface area (Å²) in [5.74, 6) is 2.45. The van der Waals surface area contributed by atoms with E-state index in [1.165, 1.54) is 12.1 Å². The average molecular weight is 351 g/mol. The Morgan fingerprint density at radius 1 is 1.20 bits per heavy atom. The van der Waals surface area contributed by atoms with E-state index in [1.807, 2.05) is 0 Å². The van der Waals surface area contributed by atoms with Crippen molar-refractivity contribution in [1.82, 2.24) is 0 Å². The Hall–Kier alpha value is -1.97. The van der Waals surface area contributed by atoms with E-state index in [0.717, 1.165) is 0 Å². The maximum Gasteiger partial charge on any atom is 0.263 e. The minimum atomic E-state index is -3.75. The number of rotatable bonds is 3. The second-order valence-corrected chi connectivity index (χ2v) is 6.58. The summed E-state index contributed by atoms with van der Waals surface area (Å²) in [6, 6.07) is 11.2. The first-order valence-corrected chi connectivity index (χ1v) is 7.84. The molecule has 2 aromatic carbocycles. The van der Waals surface area contributed by atoms with Crippen LogP contribution in [-0.4, -0.2) is 8.42 Å². The Bertz CT molecular complexity index is 795. The van der Waals surface area contributed by atoms with Crippen molar-refractivity contribution in [2.75, 3.05) is 10.5 Å². The smallest absolute Gasteiger partial charge is 0.263 e. The largest absolute Gasteiger partial charge is 0.398 e. The highest BCUT2D eigenvalue weighted by molar-refractivity contribution is 9.10. The lowest BCUT2D eigenvalue weighted by molar-refractivity contribution is 0.601. The van der Waals surface area contributed by atoms with Gasteiger partial charge in [0.1, 0.15) is 4.90 Å². The van der Waals surface area contributed by atoms with E-state index in [0.29, 0.717) is 15.7 Å². The third-order valence-electron chi connectivity index (χ3n) is 2.54. The second kappa shape index (κ2) is 5.57. The maximum absolute atomic E-state index is 12.3. The molecule has 0 radical (unpaired) electrons. The Labute approximate surface area is 126 Å². The topological polar surface area (TPSA) is 72.2 Å². The molecule has 0 saturated carbocycles. The molecule has 0 amide bonds. The molecule has 0 aliphatic carbocycles. The number of terminal acetylenes is 1. The van der Waals surface area contributed by atoms with E-state index in [4.69, 9.17) is 12.2 Å². The minimum Gasteiger partial charge on any atom is -0.398 e. The number of hydrogen-bond donors (Lipinski definition) is 2. The standard InChI is InChI=1S/C14H11BrN2O2S/c1-2-10-4-3-5-12(8-10)17-20(18,19)14-7-6-11(15)9-13(14)16/h1,3-9,17H,16H2. The molecular formula is C14H11BrN2O2S. The van der Waals surface area contributed by atoms with Gasteiger partial charge in [-0.1, -0.05) is 27.9 Å². The van der Waals surface area contributed by atoms with Crippen LogP contribution in [0.5, 0.6) is 0 Å². The third-order valence-corrected chi connectivity index (χ3v) is 4.49. The molecule has 0 aromatic heterocycles. The summed E-state index contributed by atoms with van der Waals surface area (Å²) in [6.07, 6.45) is 5.28. The third kappa shape index (κ3) is 3.13. The average Bonchev–Trinajstić information content (AvgIpc) is 2.37. The number of nitrogen functional groups attached to an aromatic ring is 1. The van der Waals surface area contributed by atoms with E-state index in [9.17, 15) is 8.42 Å². The predicted octanol–water partition coefficient (Wildman–Crippen LogP) is 2.81. The van der Waals surface area contributed by atoms with Gasteiger partial charge in [0.05, 0.1) is 11.4 Å². The Morgan fingerprint density at radius 2 is 1.95 bits per heavy atom. The molecule has 20 heavy (non-hydrogen) atoms. The second-order valence-electron chi connectivity index (χ2n) is 4.01. The first-order valence-electron chi connectivity index (χ1n) is 5.57. The van der Waals surface area contributed by atoms with Gasteiger partial charge >= 0.3 is 0 Å². The fourth-order valence-corrected chi connectivity index (χ4v) is 3.19. The molecule has 0 aliphatic rings. The van der Waals surface area contributed by atoms with Gasteiger partial charge in [0.2, 0.25) is 0 Å². The highest BCUT2D eigenvalue weighted by Gasteiger charge is 2.17. The molecule has 0 unspecified atom stereocenters. The summed E-state index contributed by atoms with van der Waals surface area (Å²) in [5.41, 5.74) is 6.89. The van der Waals surface area contributed by atoms with Crippen LogP contribution in [0.3, 0.4) is 0 Å². The van der Waals surface area contributed by atoms with Crippen molar-refractivity contribution < 1.29 is 8.42 Å². The van der Waals surface area contributed by atoms with Gasteiger partial charge in [-0.15, -0.1) is 6.42 Å². The number of sulfonamides is 1. The monoisotopic (exact) mass is 350 g/mol. The van der Waals surface area contributed by atoms with Gasteiger partial charge in [0.25, 0.3) is 10.0 Å². The summed E-state index contributed by atoms with van der Waals surface area (Å²) >= 11 is 3.23. The van der Waals surface area contributed by atoms with Gasteiger partial charge < -0.3 is 5.73 Å². The van der Waals surface area contributed by atoms with E-state index in [2.05, 4.69) is 26.6 Å². The fourth-order valence-electron chi connectivity index (χ4n) is 1.65. The number of hydrogen-bond acceptors (Lipinski definition) is 3. The van der Waals surface area contributed by atoms with Crippen LogP contribution in [0, 0.1) is 12.3 Å². The lowest BCUT2D eigenvalue weighted by atomic mass is 10.2. The number of nitrogens with one attached hydrogen (secondary N) is 1. The van der Waals surface area contributed by atoms with Crippen molar-refractivity contribution in [3.63, 3.8) is 0 Å². The molecular weight excluding hydrogens is 340 g/mol. The van der Waals surface area contributed by atoms with Crippen LogP contribution < -0.4 is 10.5 Å². The first kappa shape index (κ1) is 14.4. The normalized spacial score (nSPS) is 10.8. The summed E-state index contributed by atoms with van der Waals surface area (Å²) < 4.78 is 27.7. The van der Waals surface area contributed by atoms with Crippen molar-refractivity contribution in [1.29, 1.82) is 0 Å². The fraction of sp³-hybridized carbons (Fsp3) is 0. The van der Waals surface area contributed by atoms with Crippen LogP contribution in [0.15, 0.2) is 51.8 Å². The van der Waals surface area contributed by atoms with E-state index < -0.39 is 10.0 Å². The zero-order valence-electron chi connectivity index (χ0n) is 10.3. The molecule has 0 saturated heterocycles. The number of halogens is 1. The molecule has 4 nitrogen and oxygen atoms in total. The number of anilines is 2. The summed E-state index contributed by atoms with van der Waals surface area (Å²) in [4.78, 5) is 0.0202. The molecule has 0 spiro atoms. The molecule has 0 bridgehead atoms. The van der Waals surface area contributed by atoms with Gasteiger partial charge in [-0.05, 0) is 36.4 Å². The van der Waals surface area contributed by atoms with Crippen LogP contribution in [0.1, 0.15) is 5.56 Å². The molecule has 3 N–H and O–H groups in total. The zero-order valence-corrected chi connectivity index (χ0v) is 12.7. The van der Waals surface area contributed by atoms with Crippen molar-refractivity contribution in [3.05, 3.63) is 52.5 Å². The van der Waals surface area contributed by atoms with E-state index in [-0.39, 0.29) is 10.6 Å². The van der Waals surface area contributed by atoms with Crippen molar-refractivity contribution in [2.45, 2.75) is 4.90 Å². The Kier molecular flexibility index (Phi) is 4.02. The first-order chi connectivity index (χ1) is 9.42. The van der Waals surface area contributed by atoms with Crippen LogP contribution in [0.25, 0.3) is 0 Å².